The van der Waals surface area contributed by atoms with Gasteiger partial charge in [-0.25, -0.2) is 0 Å². The van der Waals surface area contributed by atoms with Gasteiger partial charge in [0.15, 0.2) is 0 Å². The molecule has 1 atom stereocenters. The van der Waals surface area contributed by atoms with Crippen LogP contribution in [0.5, 0.6) is 0 Å². The Bertz CT molecular complexity index is 534. The first-order chi connectivity index (χ1) is 9.33. The zero-order chi connectivity index (χ0) is 13.1. The van der Waals surface area contributed by atoms with Crippen LogP contribution in [-0.2, 0) is 6.54 Å². The molecule has 1 fully saturated rings. The number of hydrogen-bond donors (Lipinski definition) is 1. The van der Waals surface area contributed by atoms with E-state index in [0.717, 1.165) is 26.2 Å². The van der Waals surface area contributed by atoms with Gasteiger partial charge in [-0.15, -0.1) is 23.7 Å². The molecule has 0 saturated carbocycles. The molecule has 0 spiro atoms. The Hall–Kier alpha value is -0.460. The molecule has 2 aromatic rings. The summed E-state index contributed by atoms with van der Waals surface area (Å²) in [5, 5.41) is 5.64. The van der Waals surface area contributed by atoms with Gasteiger partial charge in [-0.1, -0.05) is 0 Å². The maximum atomic E-state index is 4.11. The second kappa shape index (κ2) is 7.52. The van der Waals surface area contributed by atoms with Gasteiger partial charge in [-0.05, 0) is 39.7 Å². The minimum atomic E-state index is 0. The van der Waals surface area contributed by atoms with Crippen LogP contribution in [-0.4, -0.2) is 29.5 Å². The monoisotopic (exact) mass is 373 g/mol. The summed E-state index contributed by atoms with van der Waals surface area (Å²) in [6, 6.07) is 6.90. The van der Waals surface area contributed by atoms with E-state index in [4.69, 9.17) is 0 Å². The highest BCUT2D eigenvalue weighted by molar-refractivity contribution is 9.10. The molecular weight excluding hydrogens is 358 g/mol. The molecule has 0 radical (unpaired) electrons. The first-order valence-electron chi connectivity index (χ1n) is 6.40. The lowest BCUT2D eigenvalue weighted by Gasteiger charge is -2.36. The smallest absolute Gasteiger partial charge is 0.0478 e. The van der Waals surface area contributed by atoms with Crippen LogP contribution in [0.2, 0.25) is 0 Å². The number of piperazine rings is 1. The molecule has 0 aromatic carbocycles. The van der Waals surface area contributed by atoms with Crippen LogP contribution in [0.1, 0.15) is 16.5 Å². The molecule has 108 valence electrons. The van der Waals surface area contributed by atoms with Gasteiger partial charge in [-0.3, -0.25) is 9.88 Å². The third kappa shape index (κ3) is 3.80. The van der Waals surface area contributed by atoms with Gasteiger partial charge in [0.25, 0.3) is 0 Å². The molecule has 0 amide bonds. The summed E-state index contributed by atoms with van der Waals surface area (Å²) in [6.07, 6.45) is 3.76. The van der Waals surface area contributed by atoms with Crippen molar-refractivity contribution >= 4 is 39.7 Å². The number of halogens is 2. The van der Waals surface area contributed by atoms with Crippen LogP contribution in [0.15, 0.2) is 40.4 Å². The number of pyridine rings is 1. The largest absolute Gasteiger partial charge is 0.314 e. The first-order valence-corrected chi connectivity index (χ1v) is 8.08. The number of rotatable bonds is 3. The molecule has 2 aromatic heterocycles. The Kier molecular flexibility index (Phi) is 5.99. The molecule has 6 heteroatoms. The van der Waals surface area contributed by atoms with Crippen molar-refractivity contribution in [3.63, 3.8) is 0 Å². The maximum absolute atomic E-state index is 4.11. The van der Waals surface area contributed by atoms with Crippen molar-refractivity contribution < 1.29 is 0 Å². The molecule has 0 aliphatic carbocycles. The fourth-order valence-electron chi connectivity index (χ4n) is 2.49. The van der Waals surface area contributed by atoms with Crippen LogP contribution >= 0.6 is 39.7 Å². The molecule has 1 saturated heterocycles. The van der Waals surface area contributed by atoms with Gasteiger partial charge in [-0.2, -0.15) is 0 Å². The van der Waals surface area contributed by atoms with Gasteiger partial charge >= 0.3 is 0 Å². The molecule has 20 heavy (non-hydrogen) atoms. The van der Waals surface area contributed by atoms with Crippen LogP contribution in [0, 0.1) is 0 Å². The van der Waals surface area contributed by atoms with Gasteiger partial charge in [0, 0.05) is 59.3 Å². The van der Waals surface area contributed by atoms with Crippen molar-refractivity contribution in [2.75, 3.05) is 19.6 Å². The molecule has 1 aliphatic heterocycles. The molecule has 1 aliphatic rings. The lowest BCUT2D eigenvalue weighted by atomic mass is 10.0. The molecule has 3 heterocycles. The second-order valence-corrected chi connectivity index (χ2v) is 6.61. The Morgan fingerprint density at radius 1 is 1.40 bits per heavy atom. The van der Waals surface area contributed by atoms with Gasteiger partial charge < -0.3 is 5.32 Å². The summed E-state index contributed by atoms with van der Waals surface area (Å²) >= 11 is 5.35. The molecule has 3 nitrogen and oxygen atoms in total. The Labute approximate surface area is 137 Å². The van der Waals surface area contributed by atoms with Crippen molar-refractivity contribution in [2.45, 2.75) is 12.6 Å². The van der Waals surface area contributed by atoms with E-state index < -0.39 is 0 Å². The lowest BCUT2D eigenvalue weighted by Crippen LogP contribution is -2.45. The zero-order valence-electron chi connectivity index (χ0n) is 11.0. The van der Waals surface area contributed by atoms with Crippen molar-refractivity contribution in [1.29, 1.82) is 0 Å². The molecule has 0 bridgehead atoms. The van der Waals surface area contributed by atoms with Crippen LogP contribution in [0.4, 0.5) is 0 Å². The predicted molar refractivity (Wildman–Crippen MR) is 89.5 cm³/mol. The first kappa shape index (κ1) is 15.9. The third-order valence-electron chi connectivity index (χ3n) is 3.43. The number of thiophene rings is 1. The summed E-state index contributed by atoms with van der Waals surface area (Å²) in [7, 11) is 0. The molecule has 1 N–H and O–H groups in total. The van der Waals surface area contributed by atoms with E-state index in [1.165, 1.54) is 14.9 Å². The lowest BCUT2D eigenvalue weighted by molar-refractivity contribution is 0.155. The van der Waals surface area contributed by atoms with Crippen LogP contribution < -0.4 is 5.32 Å². The number of aromatic nitrogens is 1. The van der Waals surface area contributed by atoms with E-state index in [-0.39, 0.29) is 12.4 Å². The quantitative estimate of drug-likeness (QED) is 0.891. The number of nitrogens with zero attached hydrogens (tertiary/aromatic N) is 2. The van der Waals surface area contributed by atoms with E-state index in [1.54, 1.807) is 0 Å². The standard InChI is InChI=1S/C14H16BrN3S.ClH/c15-12-7-13(19-10-12)9-18-6-5-17-8-14(18)11-1-3-16-4-2-11;/h1-4,7,10,14,17H,5-6,8-9H2;1H. The highest BCUT2D eigenvalue weighted by Gasteiger charge is 2.23. The van der Waals surface area contributed by atoms with E-state index in [9.17, 15) is 0 Å². The Balaban J connectivity index is 0.00000147. The fourth-order valence-corrected chi connectivity index (χ4v) is 3.96. The van der Waals surface area contributed by atoms with E-state index >= 15 is 0 Å². The Morgan fingerprint density at radius 3 is 2.90 bits per heavy atom. The number of nitrogens with one attached hydrogen (secondary N) is 1. The molecule has 3 rings (SSSR count). The highest BCUT2D eigenvalue weighted by atomic mass is 79.9. The molecule has 1 unspecified atom stereocenters. The summed E-state index contributed by atoms with van der Waals surface area (Å²) in [6.45, 7) is 4.18. The van der Waals surface area contributed by atoms with Crippen molar-refractivity contribution in [3.8, 4) is 0 Å². The van der Waals surface area contributed by atoms with Crippen molar-refractivity contribution in [2.24, 2.45) is 0 Å². The average molecular weight is 375 g/mol. The van der Waals surface area contributed by atoms with Crippen molar-refractivity contribution in [3.05, 3.63) is 50.9 Å². The summed E-state index contributed by atoms with van der Waals surface area (Å²) in [5.74, 6) is 0. The third-order valence-corrected chi connectivity index (χ3v) is 5.11. The van der Waals surface area contributed by atoms with Gasteiger partial charge in [0.1, 0.15) is 0 Å². The molecular formula is C14H17BrClN3S. The summed E-state index contributed by atoms with van der Waals surface area (Å²) in [4.78, 5) is 8.07. The second-order valence-electron chi connectivity index (χ2n) is 4.70. The van der Waals surface area contributed by atoms with Crippen molar-refractivity contribution in [1.82, 2.24) is 15.2 Å². The number of hydrogen-bond acceptors (Lipinski definition) is 4. The van der Waals surface area contributed by atoms with E-state index in [2.05, 4.69) is 54.7 Å². The minimum Gasteiger partial charge on any atom is -0.314 e. The summed E-state index contributed by atoms with van der Waals surface area (Å²) < 4.78 is 1.18. The SMILES string of the molecule is Brc1csc(CN2CCNCC2c2ccncc2)c1.Cl. The highest BCUT2D eigenvalue weighted by Crippen LogP contribution is 2.27. The summed E-state index contributed by atoms with van der Waals surface area (Å²) in [5.41, 5.74) is 1.35. The maximum Gasteiger partial charge on any atom is 0.0478 e. The van der Waals surface area contributed by atoms with Crippen LogP contribution in [0.3, 0.4) is 0 Å². The topological polar surface area (TPSA) is 28.2 Å². The predicted octanol–water partition coefficient (Wildman–Crippen LogP) is 3.47. The minimum absolute atomic E-state index is 0. The zero-order valence-corrected chi connectivity index (χ0v) is 14.2. The van der Waals surface area contributed by atoms with Gasteiger partial charge in [0.2, 0.25) is 0 Å². The van der Waals surface area contributed by atoms with E-state index in [1.807, 2.05) is 23.7 Å². The Morgan fingerprint density at radius 2 is 2.20 bits per heavy atom. The average Bonchev–Trinajstić information content (AvgIpc) is 2.86. The van der Waals surface area contributed by atoms with Crippen LogP contribution in [0.25, 0.3) is 0 Å². The normalized spacial score (nSPS) is 19.6. The fraction of sp³-hybridized carbons (Fsp3) is 0.357. The van der Waals surface area contributed by atoms with E-state index in [0.29, 0.717) is 6.04 Å². The van der Waals surface area contributed by atoms with Gasteiger partial charge in [0.05, 0.1) is 0 Å².